The number of aliphatic carboxylic acids is 1. The Bertz CT molecular complexity index is 135. The first-order valence-electron chi connectivity index (χ1n) is 2.29. The first-order chi connectivity index (χ1) is 3.77. The van der Waals surface area contributed by atoms with Crippen molar-refractivity contribution in [3.05, 3.63) is 24.3 Å². The Balaban J connectivity index is -0.0000000817. The van der Waals surface area contributed by atoms with Crippen molar-refractivity contribution in [2.75, 3.05) is 0 Å². The predicted octanol–water partition coefficient (Wildman–Crippen LogP) is 1.05. The van der Waals surface area contributed by atoms with E-state index in [9.17, 15) is 4.79 Å². The van der Waals surface area contributed by atoms with Gasteiger partial charge in [0.2, 0.25) is 0 Å². The summed E-state index contributed by atoms with van der Waals surface area (Å²) in [4.78, 5) is 9.75. The van der Waals surface area contributed by atoms with Gasteiger partial charge < -0.3 is 7.96 Å². The molecule has 0 aliphatic rings. The monoisotopic (exact) mass is 202 g/mol. The van der Waals surface area contributed by atoms with Crippen LogP contribution < -0.4 is 0 Å². The van der Waals surface area contributed by atoms with E-state index in [2.05, 4.69) is 0 Å². The molecule has 0 aliphatic heterocycles. The largest absolute Gasteiger partial charge is 2.00 e. The van der Waals surface area contributed by atoms with Gasteiger partial charge in [-0.3, -0.25) is 0 Å². The minimum atomic E-state index is -0.914. The maximum absolute atomic E-state index is 9.75. The molecule has 0 aromatic rings. The van der Waals surface area contributed by atoms with Crippen LogP contribution in [0.25, 0.3) is 0 Å². The van der Waals surface area contributed by atoms with Crippen LogP contribution in [-0.2, 0) is 4.79 Å². The number of hydrogen-bond donors (Lipinski definition) is 1. The van der Waals surface area contributed by atoms with Crippen LogP contribution in [0.3, 0.4) is 0 Å². The number of hydrogen-bond acceptors (Lipinski definition) is 1. The minimum absolute atomic E-state index is 0. The van der Waals surface area contributed by atoms with E-state index < -0.39 is 5.97 Å². The maximum Gasteiger partial charge on any atom is 2.00 e. The van der Waals surface area contributed by atoms with Crippen LogP contribution in [0.1, 0.15) is 9.78 Å². The average Bonchev–Trinajstić information content (AvgIpc) is 1.66. The molecule has 0 radical (unpaired) electrons. The van der Waals surface area contributed by atoms with E-state index in [0.717, 1.165) is 6.08 Å². The van der Waals surface area contributed by atoms with Crippen LogP contribution in [0.15, 0.2) is 24.3 Å². The average molecular weight is 202 g/mol. The molecule has 0 atom stereocenters. The van der Waals surface area contributed by atoms with Gasteiger partial charge in [0.25, 0.3) is 0 Å². The molecule has 0 heterocycles. The third kappa shape index (κ3) is 11.8. The Morgan fingerprint density at radius 1 is 1.56 bits per heavy atom. The van der Waals surface area contributed by atoms with E-state index in [1.807, 2.05) is 6.92 Å². The molecule has 1 N–H and O–H groups in total. The van der Waals surface area contributed by atoms with Crippen molar-refractivity contribution in [3.63, 3.8) is 0 Å². The van der Waals surface area contributed by atoms with E-state index in [4.69, 9.17) is 5.11 Å². The molecular formula is C6H10O2Sr. The number of allylic oxidation sites excluding steroid dienone is 3. The van der Waals surface area contributed by atoms with Gasteiger partial charge in [0.15, 0.2) is 0 Å². The van der Waals surface area contributed by atoms with E-state index in [1.165, 1.54) is 6.08 Å². The van der Waals surface area contributed by atoms with Gasteiger partial charge in [0, 0.05) is 6.08 Å². The molecular weight excluding hydrogens is 192 g/mol. The first-order valence-corrected chi connectivity index (χ1v) is 2.29. The molecule has 2 nitrogen and oxygen atoms in total. The predicted molar refractivity (Wildman–Crippen MR) is 39.6 cm³/mol. The molecule has 3 heteroatoms. The zero-order chi connectivity index (χ0) is 6.41. The number of carboxylic acid groups (broad SMARTS) is 1. The zero-order valence-corrected chi connectivity index (χ0v) is 8.85. The standard InChI is InChI=1S/C6H8O2.Sr.2H/c1-2-3-4-5-6(7)8;;;/h2-5H,1H3,(H,7,8);;;/q;+2;2*-1/b3-2+,5-4+;;;. The van der Waals surface area contributed by atoms with Gasteiger partial charge in [0.05, 0.1) is 0 Å². The van der Waals surface area contributed by atoms with Crippen LogP contribution in [0.5, 0.6) is 0 Å². The fourth-order valence-electron chi connectivity index (χ4n) is 0.249. The minimum Gasteiger partial charge on any atom is -1.00 e. The van der Waals surface area contributed by atoms with Crippen molar-refractivity contribution < 1.29 is 12.8 Å². The van der Waals surface area contributed by atoms with E-state index in [1.54, 1.807) is 12.2 Å². The molecule has 0 unspecified atom stereocenters. The van der Waals surface area contributed by atoms with Gasteiger partial charge in [0.1, 0.15) is 0 Å². The summed E-state index contributed by atoms with van der Waals surface area (Å²) in [7, 11) is 0. The first kappa shape index (κ1) is 12.1. The maximum atomic E-state index is 9.75. The molecule has 0 fully saturated rings. The fourth-order valence-corrected chi connectivity index (χ4v) is 0.249. The van der Waals surface area contributed by atoms with Crippen LogP contribution in [0.2, 0.25) is 0 Å². The summed E-state index contributed by atoms with van der Waals surface area (Å²) < 4.78 is 0. The second-order valence-electron chi connectivity index (χ2n) is 1.22. The Morgan fingerprint density at radius 2 is 2.11 bits per heavy atom. The molecule has 0 amide bonds. The second-order valence-corrected chi connectivity index (χ2v) is 1.22. The summed E-state index contributed by atoms with van der Waals surface area (Å²) >= 11 is 0. The van der Waals surface area contributed by atoms with Crippen LogP contribution in [0.4, 0.5) is 0 Å². The molecule has 0 rings (SSSR count). The third-order valence-corrected chi connectivity index (χ3v) is 0.542. The van der Waals surface area contributed by atoms with Gasteiger partial charge in [-0.1, -0.05) is 18.2 Å². The van der Waals surface area contributed by atoms with Crippen LogP contribution >= 0.6 is 0 Å². The molecule has 48 valence electrons. The van der Waals surface area contributed by atoms with Gasteiger partial charge in [-0.05, 0) is 6.92 Å². The van der Waals surface area contributed by atoms with Crippen molar-refractivity contribution >= 4 is 51.5 Å². The van der Waals surface area contributed by atoms with Gasteiger partial charge in [-0.2, -0.15) is 0 Å². The summed E-state index contributed by atoms with van der Waals surface area (Å²) in [5.74, 6) is -0.914. The summed E-state index contributed by atoms with van der Waals surface area (Å²) in [6.07, 6.45) is 5.98. The van der Waals surface area contributed by atoms with Gasteiger partial charge >= 0.3 is 51.5 Å². The van der Waals surface area contributed by atoms with Crippen molar-refractivity contribution in [3.8, 4) is 0 Å². The molecule has 0 aliphatic carbocycles. The molecule has 0 aromatic carbocycles. The summed E-state index contributed by atoms with van der Waals surface area (Å²) in [6, 6.07) is 0. The smallest absolute Gasteiger partial charge is 1.00 e. The van der Waals surface area contributed by atoms with Crippen molar-refractivity contribution in [2.45, 2.75) is 6.92 Å². The Kier molecular flexibility index (Phi) is 11.4. The SMILES string of the molecule is C/C=C/C=C/C(=O)O.[H-].[H-].[Sr+2]. The zero-order valence-electron chi connectivity index (χ0n) is 7.37. The quantitative estimate of drug-likeness (QED) is 0.412. The Morgan fingerprint density at radius 3 is 2.44 bits per heavy atom. The number of rotatable bonds is 2. The normalized spacial score (nSPS) is 9.89. The van der Waals surface area contributed by atoms with Gasteiger partial charge in [-0.25, -0.2) is 4.79 Å². The second kappa shape index (κ2) is 8.43. The van der Waals surface area contributed by atoms with Crippen molar-refractivity contribution in [2.24, 2.45) is 0 Å². The van der Waals surface area contributed by atoms with Crippen LogP contribution in [0, 0.1) is 0 Å². The molecule has 0 saturated carbocycles. The summed E-state index contributed by atoms with van der Waals surface area (Å²) in [6.45, 7) is 1.83. The third-order valence-electron chi connectivity index (χ3n) is 0.542. The van der Waals surface area contributed by atoms with E-state index in [-0.39, 0.29) is 48.3 Å². The molecule has 0 saturated heterocycles. The number of carboxylic acids is 1. The van der Waals surface area contributed by atoms with E-state index >= 15 is 0 Å². The van der Waals surface area contributed by atoms with Crippen molar-refractivity contribution in [1.29, 1.82) is 0 Å². The van der Waals surface area contributed by atoms with Crippen LogP contribution in [-0.4, -0.2) is 56.6 Å². The van der Waals surface area contributed by atoms with Crippen molar-refractivity contribution in [1.82, 2.24) is 0 Å². The summed E-state index contributed by atoms with van der Waals surface area (Å²) in [5, 5.41) is 8.02. The molecule has 0 spiro atoms. The van der Waals surface area contributed by atoms with Gasteiger partial charge in [-0.15, -0.1) is 0 Å². The number of carbonyl (C=O) groups is 1. The Hall–Kier alpha value is 0.431. The molecule has 0 bridgehead atoms. The fraction of sp³-hybridized carbons (Fsp3) is 0.167. The molecule has 0 aromatic heterocycles. The Labute approximate surface area is 94.5 Å². The summed E-state index contributed by atoms with van der Waals surface area (Å²) in [5.41, 5.74) is 0. The molecule has 9 heavy (non-hydrogen) atoms. The topological polar surface area (TPSA) is 37.3 Å². The van der Waals surface area contributed by atoms with E-state index in [0.29, 0.717) is 0 Å².